The number of carbonyl (C=O) groups excluding carboxylic acids is 1. The molecule has 1 amide bonds. The fourth-order valence-electron chi connectivity index (χ4n) is 3.42. The van der Waals surface area contributed by atoms with Crippen LogP contribution in [0.2, 0.25) is 0 Å². The first-order chi connectivity index (χ1) is 11.0. The van der Waals surface area contributed by atoms with Gasteiger partial charge in [0, 0.05) is 19.3 Å². The van der Waals surface area contributed by atoms with Crippen molar-refractivity contribution in [3.8, 4) is 5.75 Å². The van der Waals surface area contributed by atoms with Crippen molar-refractivity contribution >= 4 is 11.9 Å². The number of hydrogen-bond acceptors (Lipinski definition) is 5. The normalized spacial score (nSPS) is 23.2. The van der Waals surface area contributed by atoms with Gasteiger partial charge < -0.3 is 24.0 Å². The summed E-state index contributed by atoms with van der Waals surface area (Å²) in [5.74, 6) is -1.89. The maximum absolute atomic E-state index is 12.8. The van der Waals surface area contributed by atoms with E-state index in [4.69, 9.17) is 9.47 Å². The Balaban J connectivity index is 2.29. The Morgan fingerprint density at radius 3 is 2.78 bits per heavy atom. The molecule has 3 rings (SSSR count). The lowest BCUT2D eigenvalue weighted by molar-refractivity contribution is -0.0176. The number of likely N-dealkylation sites (N-methyl/N-ethyl adjacent to an activating group) is 1. The molecule has 1 saturated heterocycles. The zero-order valence-corrected chi connectivity index (χ0v) is 12.9. The molecule has 0 unspecified atom stereocenters. The number of fused-ring (bicyclic) bond motifs is 3. The van der Waals surface area contributed by atoms with Crippen molar-refractivity contribution in [1.29, 1.82) is 0 Å². The number of amides is 1. The van der Waals surface area contributed by atoms with Crippen LogP contribution in [0.25, 0.3) is 0 Å². The van der Waals surface area contributed by atoms with Crippen LogP contribution in [0.15, 0.2) is 11.0 Å². The number of aromatic nitrogens is 1. The molecule has 1 fully saturated rings. The summed E-state index contributed by atoms with van der Waals surface area (Å²) in [4.78, 5) is 38.1. The summed E-state index contributed by atoms with van der Waals surface area (Å²) in [5.41, 5.74) is -1.05. The van der Waals surface area contributed by atoms with E-state index in [1.54, 1.807) is 9.47 Å². The van der Waals surface area contributed by atoms with Crippen molar-refractivity contribution in [2.45, 2.75) is 25.4 Å². The van der Waals surface area contributed by atoms with Crippen LogP contribution >= 0.6 is 0 Å². The second-order valence-electron chi connectivity index (χ2n) is 5.56. The highest BCUT2D eigenvalue weighted by Gasteiger charge is 2.43. The first kappa shape index (κ1) is 15.5. The molecule has 1 aromatic rings. The number of methoxy groups -OCH3 is 1. The van der Waals surface area contributed by atoms with E-state index < -0.39 is 17.0 Å². The number of hydrogen-bond donors (Lipinski definition) is 1. The second kappa shape index (κ2) is 5.69. The summed E-state index contributed by atoms with van der Waals surface area (Å²) in [6, 6.07) is -0.313. The number of rotatable bonds is 3. The molecular weight excluding hydrogens is 304 g/mol. The molecule has 0 bridgehead atoms. The summed E-state index contributed by atoms with van der Waals surface area (Å²) in [7, 11) is 1.27. The average molecular weight is 322 g/mol. The van der Waals surface area contributed by atoms with Crippen LogP contribution in [0.5, 0.6) is 5.75 Å². The molecule has 0 aromatic carbocycles. The van der Waals surface area contributed by atoms with Crippen molar-refractivity contribution in [3.05, 3.63) is 27.7 Å². The highest BCUT2D eigenvalue weighted by Crippen LogP contribution is 2.35. The highest BCUT2D eigenvalue weighted by molar-refractivity contribution is 5.98. The van der Waals surface area contributed by atoms with E-state index in [0.29, 0.717) is 26.2 Å². The van der Waals surface area contributed by atoms with E-state index in [0.717, 1.165) is 0 Å². The Kier molecular flexibility index (Phi) is 3.85. The van der Waals surface area contributed by atoms with E-state index in [9.17, 15) is 19.5 Å². The molecule has 3 heterocycles. The molecule has 0 aliphatic carbocycles. The topological polar surface area (TPSA) is 98.1 Å². The smallest absolute Gasteiger partial charge is 0.341 e. The number of nitrogens with zero attached hydrogens (tertiary/aromatic N) is 2. The molecule has 2 atom stereocenters. The molecule has 8 nitrogen and oxygen atoms in total. The number of carbonyl (C=O) groups is 2. The van der Waals surface area contributed by atoms with Gasteiger partial charge in [0.05, 0.1) is 25.8 Å². The maximum Gasteiger partial charge on any atom is 0.341 e. The van der Waals surface area contributed by atoms with Crippen LogP contribution in [0.4, 0.5) is 0 Å². The molecule has 2 aliphatic heterocycles. The number of ether oxygens (including phenoxy) is 2. The van der Waals surface area contributed by atoms with Crippen LogP contribution in [0.1, 0.15) is 40.2 Å². The van der Waals surface area contributed by atoms with E-state index in [1.165, 1.54) is 13.3 Å². The summed E-state index contributed by atoms with van der Waals surface area (Å²) in [6.07, 6.45) is 1.89. The van der Waals surface area contributed by atoms with Gasteiger partial charge in [-0.25, -0.2) is 4.79 Å². The van der Waals surface area contributed by atoms with Gasteiger partial charge in [-0.15, -0.1) is 0 Å². The van der Waals surface area contributed by atoms with Crippen molar-refractivity contribution in [3.63, 3.8) is 0 Å². The van der Waals surface area contributed by atoms with Crippen LogP contribution in [0.3, 0.4) is 0 Å². The van der Waals surface area contributed by atoms with Crippen molar-refractivity contribution in [2.75, 3.05) is 26.9 Å². The van der Waals surface area contributed by atoms with Gasteiger partial charge in [-0.1, -0.05) is 0 Å². The Bertz CT molecular complexity index is 725. The predicted octanol–water partition coefficient (Wildman–Crippen LogP) is 0.361. The quantitative estimate of drug-likeness (QED) is 0.863. The third-order valence-electron chi connectivity index (χ3n) is 4.48. The van der Waals surface area contributed by atoms with E-state index in [1.807, 2.05) is 6.92 Å². The SMILES string of the molecule is CCN1C(=O)c2c(OC)c(=O)c(C(=O)O)cn2[C@H]2CCOC[C@H]21. The zero-order chi connectivity index (χ0) is 16.7. The maximum atomic E-state index is 12.8. The minimum absolute atomic E-state index is 0.118. The Morgan fingerprint density at radius 2 is 2.17 bits per heavy atom. The van der Waals surface area contributed by atoms with E-state index in [-0.39, 0.29) is 29.4 Å². The average Bonchev–Trinajstić information content (AvgIpc) is 2.54. The molecule has 8 heteroatoms. The molecule has 0 radical (unpaired) electrons. The number of aromatic carboxylic acids is 1. The third kappa shape index (κ3) is 2.21. The molecule has 0 spiro atoms. The number of carboxylic acids is 1. The third-order valence-corrected chi connectivity index (χ3v) is 4.48. The summed E-state index contributed by atoms with van der Waals surface area (Å²) >= 11 is 0. The van der Waals surface area contributed by atoms with Crippen LogP contribution in [0, 0.1) is 0 Å². The van der Waals surface area contributed by atoms with Crippen LogP contribution < -0.4 is 10.2 Å². The van der Waals surface area contributed by atoms with E-state index in [2.05, 4.69) is 0 Å². The highest BCUT2D eigenvalue weighted by atomic mass is 16.5. The van der Waals surface area contributed by atoms with Gasteiger partial charge in [0.25, 0.3) is 5.91 Å². The van der Waals surface area contributed by atoms with Gasteiger partial charge in [-0.3, -0.25) is 9.59 Å². The van der Waals surface area contributed by atoms with Gasteiger partial charge >= 0.3 is 5.97 Å². The standard InChI is InChI=1S/C15H18N2O6/c1-3-16-10-7-23-5-4-9(10)17-6-8(15(20)21)12(18)13(22-2)11(17)14(16)19/h6,9-10H,3-5,7H2,1-2H3,(H,20,21)/t9-,10+/m0/s1. The molecule has 2 aliphatic rings. The van der Waals surface area contributed by atoms with Gasteiger partial charge in [0.2, 0.25) is 5.43 Å². The second-order valence-corrected chi connectivity index (χ2v) is 5.56. The molecule has 0 saturated carbocycles. The van der Waals surface area contributed by atoms with Gasteiger partial charge in [0.1, 0.15) is 5.56 Å². The largest absolute Gasteiger partial charge is 0.491 e. The van der Waals surface area contributed by atoms with Gasteiger partial charge in [-0.2, -0.15) is 0 Å². The Labute approximate surface area is 132 Å². The van der Waals surface area contributed by atoms with E-state index >= 15 is 0 Å². The molecule has 124 valence electrons. The zero-order valence-electron chi connectivity index (χ0n) is 12.9. The van der Waals surface area contributed by atoms with Crippen molar-refractivity contribution in [1.82, 2.24) is 9.47 Å². The summed E-state index contributed by atoms with van der Waals surface area (Å²) < 4.78 is 12.2. The molecular formula is C15H18N2O6. The Morgan fingerprint density at radius 1 is 1.43 bits per heavy atom. The van der Waals surface area contributed by atoms with Crippen LogP contribution in [-0.4, -0.2) is 59.4 Å². The minimum atomic E-state index is -1.34. The van der Waals surface area contributed by atoms with Crippen molar-refractivity contribution in [2.24, 2.45) is 0 Å². The lowest BCUT2D eigenvalue weighted by atomic mass is 9.96. The lowest BCUT2D eigenvalue weighted by Crippen LogP contribution is -2.55. The van der Waals surface area contributed by atoms with Gasteiger partial charge in [-0.05, 0) is 13.3 Å². The van der Waals surface area contributed by atoms with Gasteiger partial charge in [0.15, 0.2) is 11.4 Å². The summed E-state index contributed by atoms with van der Waals surface area (Å²) in [5, 5.41) is 9.26. The van der Waals surface area contributed by atoms with Crippen molar-refractivity contribution < 1.29 is 24.2 Å². The monoisotopic (exact) mass is 322 g/mol. The lowest BCUT2D eigenvalue weighted by Gasteiger charge is -2.45. The number of carboxylic acid groups (broad SMARTS) is 1. The summed E-state index contributed by atoms with van der Waals surface area (Å²) in [6.45, 7) is 3.24. The molecule has 1 N–H and O–H groups in total. The molecule has 1 aromatic heterocycles. The van der Waals surface area contributed by atoms with Crippen LogP contribution in [-0.2, 0) is 4.74 Å². The first-order valence-electron chi connectivity index (χ1n) is 7.46. The number of pyridine rings is 1. The first-order valence-corrected chi connectivity index (χ1v) is 7.46. The Hall–Kier alpha value is -2.35. The fraction of sp³-hybridized carbons (Fsp3) is 0.533. The molecule has 23 heavy (non-hydrogen) atoms. The predicted molar refractivity (Wildman–Crippen MR) is 79.2 cm³/mol. The minimum Gasteiger partial charge on any atom is -0.491 e. The fourth-order valence-corrected chi connectivity index (χ4v) is 3.42.